The number of carbonyl (C=O) groups is 1. The fourth-order valence-corrected chi connectivity index (χ4v) is 4.64. The van der Waals surface area contributed by atoms with Crippen molar-refractivity contribution in [2.24, 2.45) is 13.0 Å². The summed E-state index contributed by atoms with van der Waals surface area (Å²) in [6.45, 7) is 1.18. The summed E-state index contributed by atoms with van der Waals surface area (Å²) in [5.74, 6) is -0.403. The highest BCUT2D eigenvalue weighted by atomic mass is 32.2. The van der Waals surface area contributed by atoms with Crippen LogP contribution >= 0.6 is 0 Å². The Morgan fingerprint density at radius 1 is 1.31 bits per heavy atom. The minimum Gasteiger partial charge on any atom is -0.355 e. The maximum Gasteiger partial charge on any atom is 0.262 e. The summed E-state index contributed by atoms with van der Waals surface area (Å²) in [6.07, 6.45) is 5.08. The largest absolute Gasteiger partial charge is 0.355 e. The average Bonchev–Trinajstić information content (AvgIpc) is 3.10. The Bertz CT molecular complexity index is 848. The van der Waals surface area contributed by atoms with E-state index in [1.165, 1.54) is 16.8 Å². The van der Waals surface area contributed by atoms with Crippen LogP contribution < -0.4 is 5.32 Å². The van der Waals surface area contributed by atoms with Gasteiger partial charge in [-0.3, -0.25) is 4.79 Å². The van der Waals surface area contributed by atoms with Gasteiger partial charge in [-0.15, -0.1) is 0 Å². The molecule has 8 heteroatoms. The number of hydrogen-bond acceptors (Lipinski definition) is 4. The van der Waals surface area contributed by atoms with Crippen molar-refractivity contribution in [3.63, 3.8) is 0 Å². The van der Waals surface area contributed by atoms with Gasteiger partial charge in [0.15, 0.2) is 5.03 Å². The van der Waals surface area contributed by atoms with Crippen LogP contribution in [0.5, 0.6) is 0 Å². The average molecular weight is 376 g/mol. The van der Waals surface area contributed by atoms with Crippen molar-refractivity contribution in [1.82, 2.24) is 19.2 Å². The molecule has 1 saturated heterocycles. The van der Waals surface area contributed by atoms with Crippen molar-refractivity contribution >= 4 is 15.9 Å². The number of nitrogens with zero attached hydrogens (tertiary/aromatic N) is 3. The molecule has 7 nitrogen and oxygen atoms in total. The van der Waals surface area contributed by atoms with Gasteiger partial charge < -0.3 is 9.88 Å². The van der Waals surface area contributed by atoms with Crippen LogP contribution in [0.4, 0.5) is 0 Å². The summed E-state index contributed by atoms with van der Waals surface area (Å²) >= 11 is 0. The lowest BCUT2D eigenvalue weighted by Gasteiger charge is -2.30. The molecule has 140 valence electrons. The first-order valence-corrected chi connectivity index (χ1v) is 10.2. The molecule has 2 aromatic rings. The summed E-state index contributed by atoms with van der Waals surface area (Å²) in [5.41, 5.74) is 1.16. The van der Waals surface area contributed by atoms with Crippen molar-refractivity contribution in [3.8, 4) is 0 Å². The predicted molar refractivity (Wildman–Crippen MR) is 97.8 cm³/mol. The molecular formula is C18H24N4O3S. The van der Waals surface area contributed by atoms with Crippen molar-refractivity contribution in [2.75, 3.05) is 19.6 Å². The molecule has 1 atom stereocenters. The van der Waals surface area contributed by atoms with Gasteiger partial charge in [-0.2, -0.15) is 4.31 Å². The summed E-state index contributed by atoms with van der Waals surface area (Å²) in [4.78, 5) is 16.4. The number of rotatable bonds is 6. The Kier molecular flexibility index (Phi) is 5.73. The molecule has 1 unspecified atom stereocenters. The lowest BCUT2D eigenvalue weighted by Crippen LogP contribution is -2.45. The Labute approximate surface area is 154 Å². The van der Waals surface area contributed by atoms with Gasteiger partial charge in [0.2, 0.25) is 5.91 Å². The van der Waals surface area contributed by atoms with Crippen molar-refractivity contribution in [3.05, 3.63) is 48.4 Å². The highest BCUT2D eigenvalue weighted by molar-refractivity contribution is 7.89. The maximum atomic E-state index is 12.7. The zero-order chi connectivity index (χ0) is 18.6. The van der Waals surface area contributed by atoms with Crippen molar-refractivity contribution in [2.45, 2.75) is 24.3 Å². The third-order valence-corrected chi connectivity index (χ3v) is 6.35. The lowest BCUT2D eigenvalue weighted by atomic mass is 9.99. The number of carbonyl (C=O) groups excluding carboxylic acids is 1. The minimum atomic E-state index is -3.65. The van der Waals surface area contributed by atoms with Gasteiger partial charge >= 0.3 is 0 Å². The Morgan fingerprint density at radius 2 is 2.08 bits per heavy atom. The van der Waals surface area contributed by atoms with E-state index in [0.717, 1.165) is 12.0 Å². The summed E-state index contributed by atoms with van der Waals surface area (Å²) in [7, 11) is -1.92. The van der Waals surface area contributed by atoms with Crippen LogP contribution in [-0.4, -0.2) is 47.8 Å². The van der Waals surface area contributed by atoms with Crippen molar-refractivity contribution < 1.29 is 13.2 Å². The van der Waals surface area contributed by atoms with E-state index in [1.54, 1.807) is 11.6 Å². The first kappa shape index (κ1) is 18.6. The second-order valence-corrected chi connectivity index (χ2v) is 8.49. The van der Waals surface area contributed by atoms with E-state index < -0.39 is 10.0 Å². The molecule has 1 aliphatic rings. The summed E-state index contributed by atoms with van der Waals surface area (Å²) in [6, 6.07) is 9.94. The second-order valence-electron chi connectivity index (χ2n) is 6.61. The predicted octanol–water partition coefficient (Wildman–Crippen LogP) is 1.18. The molecule has 0 spiro atoms. The highest BCUT2D eigenvalue weighted by Crippen LogP contribution is 2.23. The standard InChI is InChI=1S/C18H24N4O3S/c1-21-13-17(20-14-21)26(24,25)22-11-5-8-16(12-22)18(23)19-10-9-15-6-3-2-4-7-15/h2-4,6-7,13-14,16H,5,8-12H2,1H3,(H,19,23). The van der Waals surface area contributed by atoms with Gasteiger partial charge in [-0.05, 0) is 24.8 Å². The number of aryl methyl sites for hydroxylation is 1. The Hall–Kier alpha value is -2.19. The minimum absolute atomic E-state index is 0.0325. The quantitative estimate of drug-likeness (QED) is 0.820. The van der Waals surface area contributed by atoms with Crippen LogP contribution in [0.2, 0.25) is 0 Å². The molecule has 1 aliphatic heterocycles. The number of aromatic nitrogens is 2. The zero-order valence-corrected chi connectivity index (χ0v) is 15.7. The molecule has 1 amide bonds. The van der Waals surface area contributed by atoms with E-state index in [9.17, 15) is 13.2 Å². The third kappa shape index (κ3) is 4.31. The fourth-order valence-electron chi connectivity index (χ4n) is 3.15. The Balaban J connectivity index is 1.56. The van der Waals surface area contributed by atoms with Crippen LogP contribution in [0.3, 0.4) is 0 Å². The number of amides is 1. The van der Waals surface area contributed by atoms with E-state index >= 15 is 0 Å². The van der Waals surface area contributed by atoms with E-state index in [-0.39, 0.29) is 23.4 Å². The summed E-state index contributed by atoms with van der Waals surface area (Å²) in [5, 5.41) is 2.97. The molecule has 3 rings (SSSR count). The van der Waals surface area contributed by atoms with Crippen LogP contribution in [0.25, 0.3) is 0 Å². The lowest BCUT2D eigenvalue weighted by molar-refractivity contribution is -0.126. The van der Waals surface area contributed by atoms with Gasteiger partial charge in [0.25, 0.3) is 10.0 Å². The van der Waals surface area contributed by atoms with Crippen LogP contribution in [0.15, 0.2) is 47.9 Å². The molecule has 1 aromatic heterocycles. The molecule has 0 aliphatic carbocycles. The first-order valence-electron chi connectivity index (χ1n) is 8.76. The number of hydrogen-bond donors (Lipinski definition) is 1. The van der Waals surface area contributed by atoms with Gasteiger partial charge in [0, 0.05) is 32.9 Å². The molecule has 1 fully saturated rings. The zero-order valence-electron chi connectivity index (χ0n) is 14.8. The van der Waals surface area contributed by atoms with Gasteiger partial charge in [-0.1, -0.05) is 30.3 Å². The van der Waals surface area contributed by atoms with Crippen LogP contribution in [-0.2, 0) is 28.3 Å². The van der Waals surface area contributed by atoms with E-state index in [2.05, 4.69) is 10.3 Å². The van der Waals surface area contributed by atoms with Gasteiger partial charge in [-0.25, -0.2) is 13.4 Å². The monoisotopic (exact) mass is 376 g/mol. The Morgan fingerprint density at radius 3 is 2.77 bits per heavy atom. The smallest absolute Gasteiger partial charge is 0.262 e. The van der Waals surface area contributed by atoms with Crippen molar-refractivity contribution in [1.29, 1.82) is 0 Å². The second kappa shape index (κ2) is 8.01. The molecule has 2 heterocycles. The highest BCUT2D eigenvalue weighted by Gasteiger charge is 2.34. The molecule has 0 radical (unpaired) electrons. The number of sulfonamides is 1. The molecular weight excluding hydrogens is 352 g/mol. The van der Waals surface area contributed by atoms with Gasteiger partial charge in [0.05, 0.1) is 12.2 Å². The maximum absolute atomic E-state index is 12.7. The molecule has 0 bridgehead atoms. The first-order chi connectivity index (χ1) is 12.5. The normalized spacial score (nSPS) is 18.6. The van der Waals surface area contributed by atoms with E-state index in [0.29, 0.717) is 25.9 Å². The van der Waals surface area contributed by atoms with Crippen LogP contribution in [0.1, 0.15) is 18.4 Å². The van der Waals surface area contributed by atoms with Gasteiger partial charge in [0.1, 0.15) is 0 Å². The number of piperidine rings is 1. The van der Waals surface area contributed by atoms with E-state index in [4.69, 9.17) is 0 Å². The fraction of sp³-hybridized carbons (Fsp3) is 0.444. The molecule has 0 saturated carbocycles. The number of nitrogens with one attached hydrogen (secondary N) is 1. The molecule has 1 aromatic carbocycles. The molecule has 26 heavy (non-hydrogen) atoms. The third-order valence-electron chi connectivity index (χ3n) is 4.60. The van der Waals surface area contributed by atoms with Crippen LogP contribution in [0, 0.1) is 5.92 Å². The molecule has 1 N–H and O–H groups in total. The SMILES string of the molecule is Cn1cnc(S(=O)(=O)N2CCCC(C(=O)NCCc3ccccc3)C2)c1. The van der Waals surface area contributed by atoms with E-state index in [1.807, 2.05) is 30.3 Å². The number of imidazole rings is 1. The number of benzene rings is 1. The summed E-state index contributed by atoms with van der Waals surface area (Å²) < 4.78 is 28.3. The topological polar surface area (TPSA) is 84.3 Å².